The smallest absolute Gasteiger partial charge is 0.406 e. The lowest BCUT2D eigenvalue weighted by Gasteiger charge is -2.12. The van der Waals surface area contributed by atoms with E-state index in [0.29, 0.717) is 27.6 Å². The van der Waals surface area contributed by atoms with E-state index in [2.05, 4.69) is 19.4 Å². The van der Waals surface area contributed by atoms with Gasteiger partial charge in [0.1, 0.15) is 11.5 Å². The molecule has 17 nitrogen and oxygen atoms in total. The lowest BCUT2D eigenvalue weighted by atomic mass is 10.1. The van der Waals surface area contributed by atoms with E-state index in [1.165, 1.54) is 52.1 Å². The Kier molecular flexibility index (Phi) is 17.5. The number of unbranched alkanes of at least 4 members (excludes halogenated alkanes) is 1. The number of alkyl halides is 6. The SMILES string of the molecule is C.CCCCn1c(=O)c2c(nc(C(=O)c3cccc(OC(F)(F)F)c3)n2Cc2ccc(Cl)cc2)n(C)c1=O.Cn1c(=O)n(CCCO)c(=O)c2c1nc(C(=O)c1cccc(OC(F)(F)F)c1)n2Cc1ccc(Cl)cc1. The first-order valence-electron chi connectivity index (χ1n) is 22.3. The van der Waals surface area contributed by atoms with Crippen molar-refractivity contribution in [3.8, 4) is 11.5 Å². The number of halogens is 8. The van der Waals surface area contributed by atoms with E-state index < -0.39 is 58.3 Å². The molecule has 0 saturated carbocycles. The standard InChI is InChI=1S/C25H22ClF3N4O4.C24H20ClF3N4O5.CH4/c1-3-4-12-32-23(35)19-21(31(2)24(32)36)30-22(33(19)14-15-8-10-17(26)11-9-15)20(34)16-6-5-7-18(13-16)37-25(27,28)29;1-30-20-18(22(35)31(23(30)36)10-3-11-33)32(13-14-6-8-16(25)9-7-14)21(29-20)19(34)15-4-2-5-17(12-15)37-24(26,27)28;/h5-11,13H,3-4,12,14H2,1-2H3;2,4-9,12,33H,3,10-11,13H2,1H3;1H4. The molecule has 1 N–H and O–H groups in total. The first-order chi connectivity index (χ1) is 35.0. The van der Waals surface area contributed by atoms with Gasteiger partial charge >= 0.3 is 24.1 Å². The van der Waals surface area contributed by atoms with E-state index in [1.807, 2.05) is 6.92 Å². The number of aryl methyl sites for hydroxylation is 2. The number of aliphatic hydroxyl groups excluding tert-OH is 1. The molecular formula is C50H46Cl2F6N8O9. The molecule has 0 aliphatic heterocycles. The molecule has 4 aromatic heterocycles. The molecule has 4 aromatic carbocycles. The van der Waals surface area contributed by atoms with Crippen molar-refractivity contribution in [3.63, 3.8) is 0 Å². The summed E-state index contributed by atoms with van der Waals surface area (Å²) in [5, 5.41) is 10.1. The Morgan fingerprint density at radius 3 is 1.31 bits per heavy atom. The zero-order valence-corrected chi connectivity index (χ0v) is 40.7. The molecule has 0 fully saturated rings. The van der Waals surface area contributed by atoms with Crippen LogP contribution in [0.1, 0.15) is 77.1 Å². The number of aliphatic hydroxyl groups is 1. The second-order valence-corrected chi connectivity index (χ2v) is 17.4. The molecule has 8 rings (SSSR count). The van der Waals surface area contributed by atoms with Crippen LogP contribution in [0.15, 0.2) is 116 Å². The quantitative estimate of drug-likeness (QED) is 0.0722. The van der Waals surface area contributed by atoms with Crippen LogP contribution in [0, 0.1) is 0 Å². The van der Waals surface area contributed by atoms with Crippen LogP contribution in [0.2, 0.25) is 10.0 Å². The van der Waals surface area contributed by atoms with Crippen LogP contribution in [0.3, 0.4) is 0 Å². The second kappa shape index (κ2) is 23.2. The molecule has 0 radical (unpaired) electrons. The summed E-state index contributed by atoms with van der Waals surface area (Å²) in [6.07, 6.45) is -8.42. The fraction of sp³-hybridized carbons (Fsp3) is 0.280. The third-order valence-electron chi connectivity index (χ3n) is 11.3. The second-order valence-electron chi connectivity index (χ2n) is 16.5. The van der Waals surface area contributed by atoms with Crippen molar-refractivity contribution in [2.24, 2.45) is 14.1 Å². The lowest BCUT2D eigenvalue weighted by molar-refractivity contribution is -0.275. The van der Waals surface area contributed by atoms with Gasteiger partial charge < -0.3 is 23.7 Å². The Bertz CT molecular complexity index is 3420. The summed E-state index contributed by atoms with van der Waals surface area (Å²) >= 11 is 12.0. The molecule has 0 amide bonds. The number of carbonyl (C=O) groups excluding carboxylic acids is 2. The fourth-order valence-corrected chi connectivity index (χ4v) is 8.06. The molecule has 0 unspecified atom stereocenters. The van der Waals surface area contributed by atoms with Gasteiger partial charge in [-0.2, -0.15) is 0 Å². The lowest BCUT2D eigenvalue weighted by Crippen LogP contribution is -2.40. The van der Waals surface area contributed by atoms with Crippen molar-refractivity contribution in [2.45, 2.75) is 72.5 Å². The van der Waals surface area contributed by atoms with Crippen LogP contribution in [0.25, 0.3) is 22.3 Å². The maximum atomic E-state index is 13.5. The van der Waals surface area contributed by atoms with Crippen molar-refractivity contribution in [1.29, 1.82) is 0 Å². The Hall–Kier alpha value is -7.76. The third kappa shape index (κ3) is 12.8. The molecule has 396 valence electrons. The van der Waals surface area contributed by atoms with Crippen LogP contribution in [0.4, 0.5) is 26.3 Å². The average Bonchev–Trinajstić information content (AvgIpc) is 3.92. The number of ketones is 2. The molecule has 0 aliphatic rings. The van der Waals surface area contributed by atoms with Crippen molar-refractivity contribution < 1.29 is 50.5 Å². The number of ether oxygens (including phenoxy) is 2. The predicted molar refractivity (Wildman–Crippen MR) is 266 cm³/mol. The summed E-state index contributed by atoms with van der Waals surface area (Å²) in [5.41, 5.74) is -1.70. The maximum Gasteiger partial charge on any atom is 0.573 e. The van der Waals surface area contributed by atoms with E-state index in [4.69, 9.17) is 23.2 Å². The minimum atomic E-state index is -4.96. The highest BCUT2D eigenvalue weighted by Crippen LogP contribution is 2.28. The number of imidazole rings is 2. The number of hydrogen-bond acceptors (Lipinski definition) is 11. The zero-order chi connectivity index (χ0) is 53.8. The predicted octanol–water partition coefficient (Wildman–Crippen LogP) is 8.27. The number of benzene rings is 4. The van der Waals surface area contributed by atoms with Crippen LogP contribution >= 0.6 is 23.2 Å². The zero-order valence-electron chi connectivity index (χ0n) is 39.2. The van der Waals surface area contributed by atoms with Gasteiger partial charge in [-0.1, -0.05) is 92.5 Å². The average molecular weight is 1090 g/mol. The van der Waals surface area contributed by atoms with Gasteiger partial charge in [-0.25, -0.2) is 19.6 Å². The van der Waals surface area contributed by atoms with Gasteiger partial charge in [0.05, 0.1) is 13.1 Å². The molecule has 0 spiro atoms. The van der Waals surface area contributed by atoms with E-state index >= 15 is 0 Å². The van der Waals surface area contributed by atoms with Crippen LogP contribution in [0.5, 0.6) is 11.5 Å². The largest absolute Gasteiger partial charge is 0.573 e. The molecule has 0 atom stereocenters. The Balaban J connectivity index is 0.000000241. The highest BCUT2D eigenvalue weighted by atomic mass is 35.5. The summed E-state index contributed by atoms with van der Waals surface area (Å²) < 4.78 is 91.2. The maximum absolute atomic E-state index is 13.5. The molecule has 0 bridgehead atoms. The number of fused-ring (bicyclic) bond motifs is 2. The van der Waals surface area contributed by atoms with Crippen molar-refractivity contribution in [1.82, 2.24) is 37.4 Å². The molecule has 4 heterocycles. The van der Waals surface area contributed by atoms with Crippen molar-refractivity contribution in [3.05, 3.63) is 183 Å². The first kappa shape index (κ1) is 56.5. The number of aromatic nitrogens is 8. The summed E-state index contributed by atoms with van der Waals surface area (Å²) in [7, 11) is 2.82. The Labute approximate surface area is 431 Å². The number of nitrogens with zero attached hydrogens (tertiary/aromatic N) is 8. The molecule has 0 saturated heterocycles. The summed E-state index contributed by atoms with van der Waals surface area (Å²) in [6, 6.07) is 22.3. The van der Waals surface area contributed by atoms with Crippen molar-refractivity contribution >= 4 is 57.1 Å². The molecule has 8 aromatic rings. The van der Waals surface area contributed by atoms with Gasteiger partial charge in [0.15, 0.2) is 34.0 Å². The number of rotatable bonds is 16. The highest BCUT2D eigenvalue weighted by Gasteiger charge is 2.33. The van der Waals surface area contributed by atoms with Crippen LogP contribution in [-0.4, -0.2) is 73.4 Å². The highest BCUT2D eigenvalue weighted by molar-refractivity contribution is 6.30. The Morgan fingerprint density at radius 1 is 0.587 bits per heavy atom. The molecule has 0 aliphatic carbocycles. The minimum Gasteiger partial charge on any atom is -0.406 e. The van der Waals surface area contributed by atoms with Gasteiger partial charge in [0.25, 0.3) is 11.1 Å². The van der Waals surface area contributed by atoms with Gasteiger partial charge in [-0.05, 0) is 72.5 Å². The topological polar surface area (TPSA) is 196 Å². The van der Waals surface area contributed by atoms with Gasteiger partial charge in [-0.15, -0.1) is 26.3 Å². The van der Waals surface area contributed by atoms with E-state index in [9.17, 15) is 60.2 Å². The van der Waals surface area contributed by atoms with Crippen LogP contribution in [-0.2, 0) is 40.3 Å². The normalized spacial score (nSPS) is 11.6. The van der Waals surface area contributed by atoms with E-state index in [0.717, 1.165) is 44.4 Å². The number of hydrogen-bond donors (Lipinski definition) is 1. The van der Waals surface area contributed by atoms with E-state index in [1.54, 1.807) is 48.5 Å². The summed E-state index contributed by atoms with van der Waals surface area (Å²) in [4.78, 5) is 88.2. The van der Waals surface area contributed by atoms with Gasteiger partial charge in [0, 0.05) is 55.0 Å². The summed E-state index contributed by atoms with van der Waals surface area (Å²) in [5.74, 6) is -3.18. The Morgan fingerprint density at radius 2 is 0.960 bits per heavy atom. The van der Waals surface area contributed by atoms with Crippen LogP contribution < -0.4 is 32.0 Å². The third-order valence-corrected chi connectivity index (χ3v) is 11.8. The van der Waals surface area contributed by atoms with Gasteiger partial charge in [-0.3, -0.25) is 37.4 Å². The fourth-order valence-electron chi connectivity index (χ4n) is 7.81. The monoisotopic (exact) mass is 1090 g/mol. The first-order valence-corrected chi connectivity index (χ1v) is 23.1. The van der Waals surface area contributed by atoms with Gasteiger partial charge in [0.2, 0.25) is 11.6 Å². The summed E-state index contributed by atoms with van der Waals surface area (Å²) in [6.45, 7) is 1.79. The van der Waals surface area contributed by atoms with Crippen molar-refractivity contribution in [2.75, 3.05) is 6.61 Å². The number of carbonyl (C=O) groups is 2. The molecular weight excluding hydrogens is 1040 g/mol. The molecule has 75 heavy (non-hydrogen) atoms. The molecule has 25 heteroatoms. The minimum absolute atomic E-state index is 0. The van der Waals surface area contributed by atoms with E-state index in [-0.39, 0.29) is 91.7 Å².